The van der Waals surface area contributed by atoms with Gasteiger partial charge >= 0.3 is 0 Å². The zero-order valence-corrected chi connectivity index (χ0v) is 10.5. The van der Waals surface area contributed by atoms with Crippen LogP contribution in [0.25, 0.3) is 0 Å². The van der Waals surface area contributed by atoms with Crippen molar-refractivity contribution in [3.8, 4) is 0 Å². The number of hydrogen-bond acceptors (Lipinski definition) is 2. The first-order chi connectivity index (χ1) is 8.27. The Hall–Kier alpha value is -1.35. The Bertz CT molecular complexity index is 399. The van der Waals surface area contributed by atoms with Crippen LogP contribution in [-0.4, -0.2) is 30.5 Å². The van der Waals surface area contributed by atoms with Gasteiger partial charge in [0.2, 0.25) is 0 Å². The van der Waals surface area contributed by atoms with Crippen LogP contribution >= 0.6 is 0 Å². The molecular weight excluding hydrogens is 214 g/mol. The van der Waals surface area contributed by atoms with Crippen LogP contribution in [0.3, 0.4) is 0 Å². The molecule has 0 N–H and O–H groups in total. The van der Waals surface area contributed by atoms with Crippen molar-refractivity contribution in [3.63, 3.8) is 0 Å². The van der Waals surface area contributed by atoms with E-state index >= 15 is 0 Å². The Labute approximate surface area is 102 Å². The summed E-state index contributed by atoms with van der Waals surface area (Å²) in [5.74, 6) is 0.0853. The maximum atomic E-state index is 12.3. The summed E-state index contributed by atoms with van der Waals surface area (Å²) >= 11 is 0. The molecule has 0 aromatic heterocycles. The van der Waals surface area contributed by atoms with Gasteiger partial charge < -0.3 is 9.64 Å². The molecule has 0 bridgehead atoms. The summed E-state index contributed by atoms with van der Waals surface area (Å²) in [6, 6.07) is 8.07. The predicted octanol–water partition coefficient (Wildman–Crippen LogP) is 2.17. The van der Waals surface area contributed by atoms with Gasteiger partial charge in [0.15, 0.2) is 6.10 Å². The SMILES string of the molecule is CCN(CC)C(=O)C1OCCc2ccccc21. The Kier molecular flexibility index (Phi) is 3.79. The topological polar surface area (TPSA) is 29.5 Å². The summed E-state index contributed by atoms with van der Waals surface area (Å²) in [4.78, 5) is 14.2. The molecular formula is C14H19NO2. The summed E-state index contributed by atoms with van der Waals surface area (Å²) < 4.78 is 5.66. The van der Waals surface area contributed by atoms with Crippen molar-refractivity contribution in [1.82, 2.24) is 4.90 Å². The molecule has 3 nitrogen and oxygen atoms in total. The molecule has 1 aromatic carbocycles. The van der Waals surface area contributed by atoms with Gasteiger partial charge in [0.1, 0.15) is 0 Å². The minimum Gasteiger partial charge on any atom is -0.363 e. The van der Waals surface area contributed by atoms with Gasteiger partial charge in [-0.3, -0.25) is 4.79 Å². The second kappa shape index (κ2) is 5.32. The van der Waals surface area contributed by atoms with Crippen LogP contribution in [0.5, 0.6) is 0 Å². The third-order valence-electron chi connectivity index (χ3n) is 3.29. The number of benzene rings is 1. The van der Waals surface area contributed by atoms with Gasteiger partial charge in [-0.25, -0.2) is 0 Å². The van der Waals surface area contributed by atoms with Crippen LogP contribution in [0.4, 0.5) is 0 Å². The first-order valence-electron chi connectivity index (χ1n) is 6.26. The lowest BCUT2D eigenvalue weighted by Gasteiger charge is -2.29. The average Bonchev–Trinajstić information content (AvgIpc) is 2.39. The standard InChI is InChI=1S/C14H19NO2/c1-3-15(4-2)14(16)13-12-8-6-5-7-11(12)9-10-17-13/h5-8,13H,3-4,9-10H2,1-2H3. The van der Waals surface area contributed by atoms with Crippen molar-refractivity contribution in [1.29, 1.82) is 0 Å². The molecule has 1 aliphatic heterocycles. The van der Waals surface area contributed by atoms with Crippen molar-refractivity contribution in [2.24, 2.45) is 0 Å². The first-order valence-corrected chi connectivity index (χ1v) is 6.26. The molecule has 1 amide bonds. The maximum absolute atomic E-state index is 12.3. The summed E-state index contributed by atoms with van der Waals surface area (Å²) in [6.07, 6.45) is 0.498. The Balaban J connectivity index is 2.26. The van der Waals surface area contributed by atoms with Gasteiger partial charge in [0.25, 0.3) is 5.91 Å². The zero-order chi connectivity index (χ0) is 12.3. The predicted molar refractivity (Wildman–Crippen MR) is 66.8 cm³/mol. The van der Waals surface area contributed by atoms with E-state index in [2.05, 4.69) is 6.07 Å². The normalized spacial score (nSPS) is 18.6. The summed E-state index contributed by atoms with van der Waals surface area (Å²) in [5.41, 5.74) is 2.28. The highest BCUT2D eigenvalue weighted by Gasteiger charge is 2.29. The molecule has 1 aromatic rings. The van der Waals surface area contributed by atoms with Gasteiger partial charge in [-0.05, 0) is 31.4 Å². The molecule has 3 heteroatoms. The Morgan fingerprint density at radius 1 is 1.35 bits per heavy atom. The van der Waals surface area contributed by atoms with Gasteiger partial charge in [0, 0.05) is 13.1 Å². The number of fused-ring (bicyclic) bond motifs is 1. The van der Waals surface area contributed by atoms with E-state index in [0.717, 1.165) is 25.1 Å². The fourth-order valence-corrected chi connectivity index (χ4v) is 2.30. The largest absolute Gasteiger partial charge is 0.363 e. The monoisotopic (exact) mass is 233 g/mol. The number of hydrogen-bond donors (Lipinski definition) is 0. The van der Waals surface area contributed by atoms with Crippen LogP contribution in [0.2, 0.25) is 0 Å². The van der Waals surface area contributed by atoms with Gasteiger partial charge in [-0.15, -0.1) is 0 Å². The summed E-state index contributed by atoms with van der Waals surface area (Å²) in [7, 11) is 0. The molecule has 0 saturated heterocycles. The van der Waals surface area contributed by atoms with E-state index in [4.69, 9.17) is 4.74 Å². The summed E-state index contributed by atoms with van der Waals surface area (Å²) in [6.45, 7) is 6.09. The minimum atomic E-state index is -0.403. The minimum absolute atomic E-state index is 0.0853. The lowest BCUT2D eigenvalue weighted by atomic mass is 9.97. The number of rotatable bonds is 3. The average molecular weight is 233 g/mol. The first kappa shape index (κ1) is 12.1. The number of nitrogens with zero attached hydrogens (tertiary/aromatic N) is 1. The number of amides is 1. The van der Waals surface area contributed by atoms with Crippen LogP contribution in [0.1, 0.15) is 31.1 Å². The highest BCUT2D eigenvalue weighted by molar-refractivity contribution is 5.83. The lowest BCUT2D eigenvalue weighted by Crippen LogP contribution is -2.37. The van der Waals surface area contributed by atoms with Crippen molar-refractivity contribution in [3.05, 3.63) is 35.4 Å². The van der Waals surface area contributed by atoms with Crippen LogP contribution < -0.4 is 0 Å². The van der Waals surface area contributed by atoms with E-state index in [0.29, 0.717) is 6.61 Å². The summed E-state index contributed by atoms with van der Waals surface area (Å²) in [5, 5.41) is 0. The second-order valence-electron chi connectivity index (χ2n) is 4.21. The second-order valence-corrected chi connectivity index (χ2v) is 4.21. The van der Waals surface area contributed by atoms with Crippen molar-refractivity contribution >= 4 is 5.91 Å². The molecule has 1 unspecified atom stereocenters. The van der Waals surface area contributed by atoms with E-state index in [9.17, 15) is 4.79 Å². The van der Waals surface area contributed by atoms with E-state index in [1.807, 2.05) is 36.9 Å². The molecule has 1 aliphatic rings. The number of ether oxygens (including phenoxy) is 1. The van der Waals surface area contributed by atoms with Crippen molar-refractivity contribution < 1.29 is 9.53 Å². The highest BCUT2D eigenvalue weighted by atomic mass is 16.5. The Morgan fingerprint density at radius 3 is 2.76 bits per heavy atom. The van der Waals surface area contributed by atoms with Crippen molar-refractivity contribution in [2.75, 3.05) is 19.7 Å². The molecule has 1 atom stereocenters. The fraction of sp³-hybridized carbons (Fsp3) is 0.500. The van der Waals surface area contributed by atoms with E-state index in [1.54, 1.807) is 0 Å². The van der Waals surface area contributed by atoms with Gasteiger partial charge in [-0.1, -0.05) is 24.3 Å². The number of carbonyl (C=O) groups is 1. The van der Waals surface area contributed by atoms with Crippen molar-refractivity contribution in [2.45, 2.75) is 26.4 Å². The maximum Gasteiger partial charge on any atom is 0.256 e. The number of carbonyl (C=O) groups excluding carboxylic acids is 1. The molecule has 0 spiro atoms. The molecule has 0 radical (unpaired) electrons. The lowest BCUT2D eigenvalue weighted by molar-refractivity contribution is -0.144. The molecule has 1 heterocycles. The molecule has 0 saturated carbocycles. The quantitative estimate of drug-likeness (QED) is 0.800. The van der Waals surface area contributed by atoms with E-state index in [-0.39, 0.29) is 5.91 Å². The highest BCUT2D eigenvalue weighted by Crippen LogP contribution is 2.28. The van der Waals surface area contributed by atoms with Gasteiger partial charge in [0.05, 0.1) is 6.61 Å². The number of likely N-dealkylation sites (N-methyl/N-ethyl adjacent to an activating group) is 1. The molecule has 17 heavy (non-hydrogen) atoms. The van der Waals surface area contributed by atoms with Gasteiger partial charge in [-0.2, -0.15) is 0 Å². The molecule has 0 aliphatic carbocycles. The van der Waals surface area contributed by atoms with Crippen LogP contribution in [-0.2, 0) is 16.0 Å². The molecule has 92 valence electrons. The third kappa shape index (κ3) is 2.34. The zero-order valence-electron chi connectivity index (χ0n) is 10.5. The van der Waals surface area contributed by atoms with E-state index in [1.165, 1.54) is 5.56 Å². The van der Waals surface area contributed by atoms with Crippen LogP contribution in [0, 0.1) is 0 Å². The molecule has 2 rings (SSSR count). The van der Waals surface area contributed by atoms with Crippen LogP contribution in [0.15, 0.2) is 24.3 Å². The Morgan fingerprint density at radius 2 is 2.06 bits per heavy atom. The smallest absolute Gasteiger partial charge is 0.256 e. The third-order valence-corrected chi connectivity index (χ3v) is 3.29. The van der Waals surface area contributed by atoms with E-state index < -0.39 is 6.10 Å². The molecule has 0 fully saturated rings. The fourth-order valence-electron chi connectivity index (χ4n) is 2.30.